The first-order chi connectivity index (χ1) is 16.0. The largest absolute Gasteiger partial charge is 0.496 e. The topological polar surface area (TPSA) is 138 Å². The molecule has 1 saturated heterocycles. The number of anilines is 1. The van der Waals surface area contributed by atoms with Crippen LogP contribution in [0.3, 0.4) is 0 Å². The Kier molecular flexibility index (Phi) is 7.14. The van der Waals surface area contributed by atoms with Gasteiger partial charge in [0.1, 0.15) is 5.75 Å². The molecule has 4 rings (SSSR count). The minimum Gasteiger partial charge on any atom is -0.496 e. The molecule has 3 aromatic rings. The van der Waals surface area contributed by atoms with Gasteiger partial charge >= 0.3 is 6.01 Å². The van der Waals surface area contributed by atoms with Gasteiger partial charge in [0.15, 0.2) is 17.0 Å². The molecule has 33 heavy (non-hydrogen) atoms. The lowest BCUT2D eigenvalue weighted by Gasteiger charge is -2.30. The number of nitrogens with zero attached hydrogens (tertiary/aromatic N) is 5. The number of hydrogen-bond acceptors (Lipinski definition) is 9. The number of fused-ring (bicyclic) bond motifs is 1. The lowest BCUT2D eigenvalue weighted by molar-refractivity contribution is 0.205. The summed E-state index contributed by atoms with van der Waals surface area (Å²) in [6, 6.07) is 6.45. The molecule has 0 radical (unpaired) electrons. The lowest BCUT2D eigenvalue weighted by Crippen LogP contribution is -2.39. The van der Waals surface area contributed by atoms with Gasteiger partial charge in [-0.3, -0.25) is 9.47 Å². The maximum atomic E-state index is 10.5. The highest BCUT2D eigenvalue weighted by Crippen LogP contribution is 2.29. The molecule has 0 aliphatic carbocycles. The molecule has 0 saturated carbocycles. The second kappa shape index (κ2) is 10.2. The minimum absolute atomic E-state index is 0.170. The molecule has 0 amide bonds. The zero-order valence-electron chi connectivity index (χ0n) is 19.3. The zero-order chi connectivity index (χ0) is 23.4. The summed E-state index contributed by atoms with van der Waals surface area (Å²) >= 11 is 0. The molecule has 1 aliphatic heterocycles. The van der Waals surface area contributed by atoms with Gasteiger partial charge in [-0.25, -0.2) is 0 Å². The second-order valence-electron chi connectivity index (χ2n) is 8.52. The molecule has 178 valence electrons. The average Bonchev–Trinajstić information content (AvgIpc) is 3.12. The van der Waals surface area contributed by atoms with Gasteiger partial charge in [0.2, 0.25) is 0 Å². The van der Waals surface area contributed by atoms with E-state index in [9.17, 15) is 5.11 Å². The number of rotatable bonds is 9. The van der Waals surface area contributed by atoms with Crippen LogP contribution in [-0.2, 0) is 13.1 Å². The number of unbranched alkanes of at least 4 members (excludes halogenated alkanes) is 1. The molecule has 1 fully saturated rings. The highest BCUT2D eigenvalue weighted by molar-refractivity contribution is 5.83. The molecular weight excluding hydrogens is 422 g/mol. The number of hydrogen-bond donors (Lipinski definition) is 3. The van der Waals surface area contributed by atoms with E-state index in [1.165, 1.54) is 5.56 Å². The molecule has 0 unspecified atom stereocenters. The zero-order valence-corrected chi connectivity index (χ0v) is 19.3. The van der Waals surface area contributed by atoms with Gasteiger partial charge in [-0.15, -0.1) is 0 Å². The van der Waals surface area contributed by atoms with Crippen molar-refractivity contribution in [1.82, 2.24) is 24.4 Å². The standard InChI is InChI=1S/C23H33N7O3/c1-3-4-11-33-22-27-20(25)19-21(28-22)30(23(31)26-19)14-16-6-5-15(12-18(16)32-2)13-29-9-7-17(24)8-10-29/h5-6,12,17H,3-4,7-11,13-14,24H2,1-2H3,(H,26,31)(H2,25,27,28). The molecule has 0 bridgehead atoms. The molecule has 1 aromatic carbocycles. The van der Waals surface area contributed by atoms with E-state index in [-0.39, 0.29) is 17.8 Å². The van der Waals surface area contributed by atoms with E-state index in [1.807, 2.05) is 12.1 Å². The van der Waals surface area contributed by atoms with Crippen LogP contribution in [0.5, 0.6) is 17.8 Å². The van der Waals surface area contributed by atoms with Gasteiger partial charge in [-0.2, -0.15) is 15.0 Å². The average molecular weight is 456 g/mol. The fraction of sp³-hybridized carbons (Fsp3) is 0.522. The molecule has 3 heterocycles. The Morgan fingerprint density at radius 3 is 2.67 bits per heavy atom. The van der Waals surface area contributed by atoms with Crippen LogP contribution < -0.4 is 20.9 Å². The number of aromatic nitrogens is 4. The van der Waals surface area contributed by atoms with E-state index in [2.05, 4.69) is 32.8 Å². The van der Waals surface area contributed by atoms with Gasteiger partial charge in [-0.1, -0.05) is 25.5 Å². The van der Waals surface area contributed by atoms with Crippen molar-refractivity contribution in [2.24, 2.45) is 5.73 Å². The van der Waals surface area contributed by atoms with Gasteiger partial charge < -0.3 is 26.0 Å². The first-order valence-corrected chi connectivity index (χ1v) is 11.5. The van der Waals surface area contributed by atoms with Crippen LogP contribution in [0.2, 0.25) is 0 Å². The number of benzene rings is 1. The summed E-state index contributed by atoms with van der Waals surface area (Å²) in [4.78, 5) is 15.2. The smallest absolute Gasteiger partial charge is 0.320 e. The third-order valence-electron chi connectivity index (χ3n) is 6.03. The highest BCUT2D eigenvalue weighted by atomic mass is 16.5. The first kappa shape index (κ1) is 23.1. The number of imidazole rings is 1. The van der Waals surface area contributed by atoms with Crippen LogP contribution in [0, 0.1) is 0 Å². The van der Waals surface area contributed by atoms with Crippen molar-refractivity contribution >= 4 is 17.0 Å². The summed E-state index contributed by atoms with van der Waals surface area (Å²) in [6.45, 7) is 5.75. The van der Waals surface area contributed by atoms with Crippen molar-refractivity contribution in [2.45, 2.75) is 51.7 Å². The molecule has 5 N–H and O–H groups in total. The molecule has 0 spiro atoms. The van der Waals surface area contributed by atoms with Gasteiger partial charge in [-0.05, 0) is 44.0 Å². The Morgan fingerprint density at radius 1 is 1.15 bits per heavy atom. The van der Waals surface area contributed by atoms with Crippen molar-refractivity contribution in [2.75, 3.05) is 32.5 Å². The van der Waals surface area contributed by atoms with Gasteiger partial charge in [0.25, 0.3) is 6.01 Å². The summed E-state index contributed by atoms with van der Waals surface area (Å²) in [5.74, 6) is 0.910. The summed E-state index contributed by atoms with van der Waals surface area (Å²) in [7, 11) is 1.65. The number of nitrogens with two attached hydrogens (primary N) is 2. The van der Waals surface area contributed by atoms with Crippen LogP contribution in [0.15, 0.2) is 18.2 Å². The van der Waals surface area contributed by atoms with Crippen molar-refractivity contribution in [1.29, 1.82) is 0 Å². The van der Waals surface area contributed by atoms with E-state index in [0.717, 1.165) is 56.6 Å². The number of ether oxygens (including phenoxy) is 2. The van der Waals surface area contributed by atoms with Crippen LogP contribution in [0.25, 0.3) is 11.2 Å². The van der Waals surface area contributed by atoms with E-state index >= 15 is 0 Å². The molecule has 1 aliphatic rings. The normalized spacial score (nSPS) is 15.2. The van der Waals surface area contributed by atoms with E-state index < -0.39 is 0 Å². The van der Waals surface area contributed by atoms with Crippen LogP contribution in [-0.4, -0.2) is 62.4 Å². The van der Waals surface area contributed by atoms with Crippen LogP contribution in [0.1, 0.15) is 43.7 Å². The SMILES string of the molecule is CCCCOc1nc(N)c2nc(O)n(Cc3ccc(CN4CCC(N)CC4)cc3OC)c2n1. The molecule has 2 aromatic heterocycles. The molecule has 10 nitrogen and oxygen atoms in total. The predicted octanol–water partition coefficient (Wildman–Crippen LogP) is 2.27. The highest BCUT2D eigenvalue weighted by Gasteiger charge is 2.20. The van der Waals surface area contributed by atoms with Crippen LogP contribution >= 0.6 is 0 Å². The third-order valence-corrected chi connectivity index (χ3v) is 6.03. The van der Waals surface area contributed by atoms with Crippen LogP contribution in [0.4, 0.5) is 5.82 Å². The first-order valence-electron chi connectivity index (χ1n) is 11.5. The Labute approximate surface area is 193 Å². The Bertz CT molecular complexity index is 1090. The Balaban J connectivity index is 1.57. The summed E-state index contributed by atoms with van der Waals surface area (Å²) < 4.78 is 12.9. The number of aromatic hydroxyl groups is 1. The fourth-order valence-corrected chi connectivity index (χ4v) is 4.07. The number of piperidine rings is 1. The predicted molar refractivity (Wildman–Crippen MR) is 126 cm³/mol. The van der Waals surface area contributed by atoms with Gasteiger partial charge in [0.05, 0.1) is 20.3 Å². The second-order valence-corrected chi connectivity index (χ2v) is 8.52. The molecule has 0 atom stereocenters. The number of likely N-dealkylation sites (tertiary alicyclic amines) is 1. The maximum Gasteiger partial charge on any atom is 0.320 e. The van der Waals surface area contributed by atoms with Crippen molar-refractivity contribution in [3.05, 3.63) is 29.3 Å². The lowest BCUT2D eigenvalue weighted by atomic mass is 10.0. The van der Waals surface area contributed by atoms with Gasteiger partial charge in [0, 0.05) is 18.2 Å². The number of nitrogen functional groups attached to an aromatic ring is 1. The van der Waals surface area contributed by atoms with E-state index in [1.54, 1.807) is 11.7 Å². The van der Waals surface area contributed by atoms with E-state index in [4.69, 9.17) is 20.9 Å². The van der Waals surface area contributed by atoms with E-state index in [0.29, 0.717) is 30.4 Å². The van der Waals surface area contributed by atoms with Crippen molar-refractivity contribution in [3.8, 4) is 17.8 Å². The summed E-state index contributed by atoms with van der Waals surface area (Å²) in [5.41, 5.74) is 14.9. The third kappa shape index (κ3) is 5.28. The Morgan fingerprint density at radius 2 is 1.94 bits per heavy atom. The Hall–Kier alpha value is -3.11. The fourth-order valence-electron chi connectivity index (χ4n) is 4.07. The maximum absolute atomic E-state index is 10.5. The summed E-state index contributed by atoms with van der Waals surface area (Å²) in [6.07, 6.45) is 3.94. The quantitative estimate of drug-likeness (QED) is 0.415. The molecule has 10 heteroatoms. The number of methoxy groups -OCH3 is 1. The summed E-state index contributed by atoms with van der Waals surface area (Å²) in [5, 5.41) is 10.5. The van der Waals surface area contributed by atoms with Crippen molar-refractivity contribution < 1.29 is 14.6 Å². The monoisotopic (exact) mass is 455 g/mol. The molecular formula is C23H33N7O3. The minimum atomic E-state index is -0.188. The van der Waals surface area contributed by atoms with Crippen molar-refractivity contribution in [3.63, 3.8) is 0 Å².